The monoisotopic (exact) mass is 359 g/mol. The number of pyridine rings is 2. The highest BCUT2D eigenvalue weighted by atomic mass is 16.1. The summed E-state index contributed by atoms with van der Waals surface area (Å²) in [6.45, 7) is 4.32. The molecule has 0 saturated carbocycles. The summed E-state index contributed by atoms with van der Waals surface area (Å²) in [5.74, 6) is 1.63. The maximum Gasteiger partial charge on any atom is 0.282 e. The molecule has 1 fully saturated rings. The smallest absolute Gasteiger partial charge is 0.282 e. The van der Waals surface area contributed by atoms with Crippen molar-refractivity contribution < 1.29 is 0 Å². The van der Waals surface area contributed by atoms with E-state index < -0.39 is 0 Å². The Hall–Kier alpha value is -3.15. The van der Waals surface area contributed by atoms with E-state index in [0.717, 1.165) is 35.6 Å². The van der Waals surface area contributed by atoms with E-state index in [2.05, 4.69) is 28.0 Å². The average Bonchev–Trinajstić information content (AvgIpc) is 3.05. The van der Waals surface area contributed by atoms with Crippen LogP contribution in [0, 0.1) is 5.92 Å². The van der Waals surface area contributed by atoms with Crippen molar-refractivity contribution in [2.45, 2.75) is 19.8 Å². The van der Waals surface area contributed by atoms with Crippen LogP contribution >= 0.6 is 0 Å². The Morgan fingerprint density at radius 1 is 1.15 bits per heavy atom. The van der Waals surface area contributed by atoms with Gasteiger partial charge in [-0.15, -0.1) is 0 Å². The number of benzene rings is 1. The molecular formula is C21H21N5O. The van der Waals surface area contributed by atoms with Crippen LogP contribution in [0.25, 0.3) is 28.0 Å². The van der Waals surface area contributed by atoms with Crippen molar-refractivity contribution in [1.82, 2.24) is 19.7 Å². The van der Waals surface area contributed by atoms with Gasteiger partial charge in [0.1, 0.15) is 17.0 Å². The summed E-state index contributed by atoms with van der Waals surface area (Å²) in [6.07, 6.45) is 4.18. The molecule has 1 unspecified atom stereocenters. The minimum absolute atomic E-state index is 0.131. The summed E-state index contributed by atoms with van der Waals surface area (Å²) in [6, 6.07) is 13.6. The third kappa shape index (κ3) is 2.68. The predicted molar refractivity (Wildman–Crippen MR) is 107 cm³/mol. The van der Waals surface area contributed by atoms with Crippen LogP contribution in [-0.2, 0) is 0 Å². The molecule has 6 nitrogen and oxygen atoms in total. The van der Waals surface area contributed by atoms with E-state index >= 15 is 0 Å². The van der Waals surface area contributed by atoms with Crippen molar-refractivity contribution in [3.63, 3.8) is 0 Å². The zero-order valence-corrected chi connectivity index (χ0v) is 15.2. The molecule has 3 aliphatic heterocycles. The molecule has 6 heteroatoms. The van der Waals surface area contributed by atoms with Gasteiger partial charge in [-0.1, -0.05) is 25.1 Å². The van der Waals surface area contributed by atoms with Crippen molar-refractivity contribution >= 4 is 16.9 Å². The highest BCUT2D eigenvalue weighted by Gasteiger charge is 2.22. The first-order valence-electron chi connectivity index (χ1n) is 9.42. The van der Waals surface area contributed by atoms with E-state index in [1.807, 2.05) is 36.4 Å². The van der Waals surface area contributed by atoms with Crippen molar-refractivity contribution in [3.05, 3.63) is 59.0 Å². The minimum atomic E-state index is -0.131. The van der Waals surface area contributed by atoms with Gasteiger partial charge >= 0.3 is 0 Å². The molecule has 4 heterocycles. The quantitative estimate of drug-likeness (QED) is 0.595. The second-order valence-electron chi connectivity index (χ2n) is 7.36. The Labute approximate surface area is 156 Å². The normalized spacial score (nSPS) is 17.7. The van der Waals surface area contributed by atoms with E-state index in [1.54, 1.807) is 6.20 Å². The molecule has 1 atom stereocenters. The standard InChI is InChI=1S/C21H21N5O/c1-14-6-5-11-25(13-14)18-10-9-17-20(23-18)19-16(12-22-17)21(27)26(24-19)15-7-3-2-4-8-15/h2-4,7-10,12,14,22H,5-6,11,13H2,1H3. The summed E-state index contributed by atoms with van der Waals surface area (Å²) in [5, 5.41) is 4.61. The maximum atomic E-state index is 12.8. The molecular weight excluding hydrogens is 338 g/mol. The van der Waals surface area contributed by atoms with Crippen LogP contribution in [-0.4, -0.2) is 32.8 Å². The first-order chi connectivity index (χ1) is 13.2. The summed E-state index contributed by atoms with van der Waals surface area (Å²) >= 11 is 0. The Balaban J connectivity index is 1.67. The van der Waals surface area contributed by atoms with Crippen LogP contribution in [0.3, 0.4) is 0 Å². The van der Waals surface area contributed by atoms with Gasteiger partial charge in [0.05, 0.1) is 16.8 Å². The summed E-state index contributed by atoms with van der Waals surface area (Å²) in [7, 11) is 0. The lowest BCUT2D eigenvalue weighted by molar-refractivity contribution is 0.445. The van der Waals surface area contributed by atoms with Crippen LogP contribution in [0.1, 0.15) is 19.8 Å². The molecule has 1 N–H and O–H groups in total. The predicted octanol–water partition coefficient (Wildman–Crippen LogP) is 3.45. The Morgan fingerprint density at radius 2 is 2.00 bits per heavy atom. The van der Waals surface area contributed by atoms with Crippen LogP contribution in [0.15, 0.2) is 53.5 Å². The number of aromatic amines is 1. The lowest BCUT2D eigenvalue weighted by Crippen LogP contribution is -2.34. The maximum absolute atomic E-state index is 12.8. The molecule has 27 heavy (non-hydrogen) atoms. The Bertz CT molecular complexity index is 1130. The number of nitrogens with one attached hydrogen (secondary N) is 1. The van der Waals surface area contributed by atoms with Crippen molar-refractivity contribution in [2.24, 2.45) is 5.92 Å². The SMILES string of the molecule is CC1CCCN(c2ccc3[nH]cc4c(=O)n(-c5ccccc5)nc-4c3n2)C1. The molecule has 1 aromatic heterocycles. The molecule has 0 radical (unpaired) electrons. The van der Waals surface area contributed by atoms with E-state index in [9.17, 15) is 4.79 Å². The summed E-state index contributed by atoms with van der Waals surface area (Å²) in [5.41, 5.74) is 3.46. The fourth-order valence-corrected chi connectivity index (χ4v) is 3.93. The first-order valence-corrected chi connectivity index (χ1v) is 9.42. The number of fused-ring (bicyclic) bond motifs is 3. The van der Waals surface area contributed by atoms with Crippen LogP contribution < -0.4 is 10.5 Å². The number of piperidine rings is 1. The van der Waals surface area contributed by atoms with Crippen molar-refractivity contribution in [3.8, 4) is 16.9 Å². The second kappa shape index (κ2) is 6.23. The number of para-hydroxylation sites is 1. The van der Waals surface area contributed by atoms with E-state index in [1.165, 1.54) is 17.5 Å². The van der Waals surface area contributed by atoms with Crippen molar-refractivity contribution in [1.29, 1.82) is 0 Å². The third-order valence-electron chi connectivity index (χ3n) is 5.34. The Morgan fingerprint density at radius 3 is 2.81 bits per heavy atom. The molecule has 0 spiro atoms. The number of anilines is 1. The lowest BCUT2D eigenvalue weighted by Gasteiger charge is -2.32. The topological polar surface area (TPSA) is 66.8 Å². The van der Waals surface area contributed by atoms with Crippen LogP contribution in [0.2, 0.25) is 0 Å². The van der Waals surface area contributed by atoms with E-state index in [-0.39, 0.29) is 5.56 Å². The second-order valence-corrected chi connectivity index (χ2v) is 7.36. The lowest BCUT2D eigenvalue weighted by atomic mass is 10.0. The number of aromatic nitrogens is 4. The van der Waals surface area contributed by atoms with Gasteiger partial charge in [0.25, 0.3) is 5.56 Å². The molecule has 5 rings (SSSR count). The molecule has 136 valence electrons. The van der Waals surface area contributed by atoms with Gasteiger partial charge in [-0.05, 0) is 43.0 Å². The van der Waals surface area contributed by atoms with E-state index in [4.69, 9.17) is 4.98 Å². The average molecular weight is 359 g/mol. The zero-order chi connectivity index (χ0) is 18.4. The van der Waals surface area contributed by atoms with Gasteiger partial charge in [0, 0.05) is 19.3 Å². The van der Waals surface area contributed by atoms with Gasteiger partial charge < -0.3 is 9.88 Å². The van der Waals surface area contributed by atoms with Gasteiger partial charge in [-0.3, -0.25) is 4.79 Å². The van der Waals surface area contributed by atoms with Crippen LogP contribution in [0.5, 0.6) is 0 Å². The van der Waals surface area contributed by atoms with Gasteiger partial charge in [0.15, 0.2) is 0 Å². The minimum Gasteiger partial charge on any atom is -0.359 e. The van der Waals surface area contributed by atoms with Gasteiger partial charge in [0.2, 0.25) is 0 Å². The highest BCUT2D eigenvalue weighted by Crippen LogP contribution is 2.28. The van der Waals surface area contributed by atoms with Crippen LogP contribution in [0.4, 0.5) is 5.82 Å². The third-order valence-corrected chi connectivity index (χ3v) is 5.34. The first kappa shape index (κ1) is 16.1. The summed E-state index contributed by atoms with van der Waals surface area (Å²) < 4.78 is 1.45. The molecule has 0 bridgehead atoms. The fourth-order valence-electron chi connectivity index (χ4n) is 3.93. The Kier molecular flexibility index (Phi) is 3.70. The van der Waals surface area contributed by atoms with Crippen molar-refractivity contribution in [2.75, 3.05) is 18.0 Å². The number of hydrogen-bond donors (Lipinski definition) is 1. The molecule has 1 saturated heterocycles. The number of rotatable bonds is 2. The fraction of sp³-hybridized carbons (Fsp3) is 0.286. The number of nitrogens with zero attached hydrogens (tertiary/aromatic N) is 4. The van der Waals surface area contributed by atoms with Gasteiger partial charge in [-0.2, -0.15) is 9.78 Å². The number of H-pyrrole nitrogens is 1. The number of hydrogen-bond acceptors (Lipinski definition) is 4. The largest absolute Gasteiger partial charge is 0.359 e. The molecule has 3 aliphatic rings. The zero-order valence-electron chi connectivity index (χ0n) is 15.2. The summed E-state index contributed by atoms with van der Waals surface area (Å²) in [4.78, 5) is 23.3. The highest BCUT2D eigenvalue weighted by molar-refractivity contribution is 5.91. The van der Waals surface area contributed by atoms with E-state index in [0.29, 0.717) is 17.2 Å². The molecule has 1 aromatic carbocycles. The molecule has 0 amide bonds. The van der Waals surface area contributed by atoms with Gasteiger partial charge in [-0.25, -0.2) is 4.98 Å². The molecule has 0 aliphatic carbocycles. The molecule has 2 aromatic rings.